The van der Waals surface area contributed by atoms with E-state index in [-0.39, 0.29) is 0 Å². The molecule has 0 heterocycles. The van der Waals surface area contributed by atoms with Crippen LogP contribution in [0.4, 0.5) is 0 Å². The van der Waals surface area contributed by atoms with Gasteiger partial charge in [-0.1, -0.05) is 0 Å². The van der Waals surface area contributed by atoms with Crippen LogP contribution in [-0.4, -0.2) is 0 Å². The Labute approximate surface area is 586 Å². The summed E-state index contributed by atoms with van der Waals surface area (Å²) in [7, 11) is 0. The summed E-state index contributed by atoms with van der Waals surface area (Å²) < 4.78 is 0. The fourth-order valence-electron chi connectivity index (χ4n) is 1.94. The monoisotopic (exact) mass is 1570 g/mol. The molecule has 0 radical (unpaired) electrons. The first-order valence-corrected chi connectivity index (χ1v) is 22.3. The van der Waals surface area contributed by atoms with Gasteiger partial charge in [0.2, 0.25) is 6.19 Å². The Bertz CT molecular complexity index is 4240. The maximum Gasteiger partial charge on any atom is 0.227 e. The third-order valence-electron chi connectivity index (χ3n) is 4.37. The fraction of sp³-hybridized carbons (Fsp3) is 0. The summed E-state index contributed by atoms with van der Waals surface area (Å²) in [5, 5.41) is 333. The zero-order chi connectivity index (χ0) is 79.8. The van der Waals surface area contributed by atoms with E-state index >= 15 is 0 Å². The summed E-state index contributed by atoms with van der Waals surface area (Å²) in [6.07, 6.45) is 1.31. The summed E-state index contributed by atoms with van der Waals surface area (Å²) >= 11 is 0. The van der Waals surface area contributed by atoms with Crippen LogP contribution in [0.15, 0.2) is 569 Å². The molecule has 0 aliphatic carbocycles. The zero-order valence-corrected chi connectivity index (χ0v) is 50.2. The molecule has 0 amide bonds. The van der Waals surface area contributed by atoms with Gasteiger partial charge in [-0.3, -0.25) is 0 Å². The van der Waals surface area contributed by atoms with Crippen molar-refractivity contribution in [2.45, 2.75) is 0 Å². The Morgan fingerprint density at radius 3 is 0.196 bits per heavy atom. The van der Waals surface area contributed by atoms with Crippen LogP contribution in [0.2, 0.25) is 0 Å². The van der Waals surface area contributed by atoms with Crippen LogP contribution >= 0.6 is 0 Å². The van der Waals surface area contributed by atoms with Crippen molar-refractivity contribution in [2.75, 3.05) is 0 Å². The molecule has 1 N–H and O–H groups in total. The van der Waals surface area contributed by atoms with Gasteiger partial charge in [0, 0.05) is 481 Å². The average molecular weight is 1570 g/mol. The number of hydrogen-bond donors (Lipinski definition) is 1. The molecule has 0 spiro atoms. The van der Waals surface area contributed by atoms with Gasteiger partial charge < -0.3 is 0 Å². The highest BCUT2D eigenvalue weighted by Gasteiger charge is 1.81. The van der Waals surface area contributed by atoms with Crippen molar-refractivity contribution < 1.29 is 0 Å². The maximum absolute atomic E-state index is 8.03. The van der Waals surface area contributed by atoms with Crippen LogP contribution in [0.3, 0.4) is 0 Å². The maximum atomic E-state index is 8.03. The van der Waals surface area contributed by atoms with Gasteiger partial charge in [0.25, 0.3) is 0 Å². The van der Waals surface area contributed by atoms with Gasteiger partial charge in [0.15, 0.2) is 0 Å². The Morgan fingerprint density at radius 1 is 0.0893 bits per heavy atom. The Kier molecular flexibility index (Phi) is 70.7. The van der Waals surface area contributed by atoms with E-state index in [1.807, 2.05) is 0 Å². The van der Waals surface area contributed by atoms with E-state index in [0.29, 0.717) is 0 Å². The van der Waals surface area contributed by atoms with Gasteiger partial charge in [0.1, 0.15) is 0 Å². The van der Waals surface area contributed by atoms with Crippen molar-refractivity contribution in [3.8, 4) is 6.19 Å². The average Bonchev–Trinajstić information content (AvgIpc) is 3.05. The first-order chi connectivity index (χ1) is 55.9. The Balaban J connectivity index is 4.13. The largest absolute Gasteiger partial charge is 0.227 e. The fourth-order valence-corrected chi connectivity index (χ4v) is 1.94. The normalized spacial score (nSPS) is 15.6. The lowest BCUT2D eigenvalue weighted by molar-refractivity contribution is 0.723. The molecule has 112 heavy (non-hydrogen) atoms. The van der Waals surface area contributed by atoms with Gasteiger partial charge in [0.05, 0.1) is 0 Å². The second-order valence-electron chi connectivity index (χ2n) is 9.87. The Morgan fingerprint density at radius 2 is 0.143 bits per heavy atom. The quantitative estimate of drug-likeness (QED) is 0.0346. The van der Waals surface area contributed by atoms with Gasteiger partial charge in [-0.2, -0.15) is 10.8 Å². The summed E-state index contributed by atoms with van der Waals surface area (Å²) in [6, 6.07) is 0. The zero-order valence-electron chi connectivity index (χ0n) is 50.2. The van der Waals surface area contributed by atoms with Gasteiger partial charge in [-0.15, -0.1) is 0 Å². The van der Waals surface area contributed by atoms with Crippen LogP contribution in [0, 0.1) is 17.0 Å². The second-order valence-corrected chi connectivity index (χ2v) is 9.87. The first-order valence-electron chi connectivity index (χ1n) is 22.3. The number of nitrogens with zero attached hydrogens (tertiary/aromatic N) is 110. The molecule has 111 heteroatoms. The number of rotatable bonds is 54. The molecular formula is CHN111. The van der Waals surface area contributed by atoms with E-state index in [4.69, 9.17) is 10.8 Å². The summed E-state index contributed by atoms with van der Waals surface area (Å²) in [4.78, 5) is 0. The molecule has 0 fully saturated rings. The van der Waals surface area contributed by atoms with Crippen molar-refractivity contribution >= 4 is 0 Å². The van der Waals surface area contributed by atoms with E-state index in [0.717, 1.165) is 0 Å². The van der Waals surface area contributed by atoms with Gasteiger partial charge in [-0.25, -0.2) is 0 Å². The number of nitriles is 1. The topological polar surface area (TPSA) is 1390 Å². The molecule has 0 saturated carbocycles. The first kappa shape index (κ1) is 89.5. The highest BCUT2D eigenvalue weighted by Crippen LogP contribution is 1.99. The lowest BCUT2D eigenvalue weighted by Gasteiger charge is -1.71. The smallest absolute Gasteiger partial charge is 0.183 e. The molecule has 0 bridgehead atoms. The molecule has 0 aromatic heterocycles. The molecule has 0 aromatic rings. The summed E-state index contributed by atoms with van der Waals surface area (Å²) in [5.41, 5.74) is 6.27. The minimum atomic E-state index is 1.31. The van der Waals surface area contributed by atoms with Crippen molar-refractivity contribution in [3.05, 3.63) is 0 Å². The van der Waals surface area contributed by atoms with Crippen LogP contribution in [0.1, 0.15) is 0 Å². The molecule has 0 aliphatic heterocycles. The molecular weight excluding hydrogens is 1570 g/mol. The molecule has 560 valence electrons. The SMILES string of the molecule is N#CN=N/N=N/N=N/N=N/N=N/N=N/N=N/N=N/N=N/N=N/N=N/N=N/N=N/N=N/N=N/N=N/N=N/N=N/N=N/N=N/N=N/N=N/N=N/N=N/N=N/N=N/N=N/N=N/N=N/N=N/N=N/N=N/N=N/N=N/N=N/N=N/N=N/N=N/N=N/N=N/N=N/N=N/N=N/N=N/N=N/N=N/N=N/N=N/N=N/N=N/N=N/N=N/N=N/N=N/N=N. The highest BCUT2D eigenvalue weighted by molar-refractivity contribution is 4.56. The van der Waals surface area contributed by atoms with E-state index in [2.05, 4.69) is 569 Å². The highest BCUT2D eigenvalue weighted by atomic mass is 15.8. The summed E-state index contributed by atoms with van der Waals surface area (Å²) in [5.74, 6) is 0. The van der Waals surface area contributed by atoms with Crippen molar-refractivity contribution in [2.24, 2.45) is 569 Å². The predicted octanol–water partition coefficient (Wildman–Crippen LogP) is 20.3. The minimum absolute atomic E-state index is 1.31. The lowest BCUT2D eigenvalue weighted by atomic mass is 11.5. The molecule has 0 unspecified atom stereocenters. The molecule has 0 rings (SSSR count). The van der Waals surface area contributed by atoms with Crippen LogP contribution in [0.25, 0.3) is 0 Å². The van der Waals surface area contributed by atoms with E-state index < -0.39 is 0 Å². The number of nitrogens with one attached hydrogen (secondary N) is 1. The Hall–Kier alpha value is -22.5. The number of hydrogen-bond acceptors (Lipinski definition) is 3. The van der Waals surface area contributed by atoms with Crippen LogP contribution in [0.5, 0.6) is 0 Å². The third kappa shape index (κ3) is 87.5. The van der Waals surface area contributed by atoms with Crippen molar-refractivity contribution in [1.82, 2.24) is 0 Å². The van der Waals surface area contributed by atoms with Gasteiger partial charge >= 0.3 is 0 Å². The molecule has 111 nitrogen and oxygen atoms in total. The van der Waals surface area contributed by atoms with E-state index in [9.17, 15) is 0 Å². The van der Waals surface area contributed by atoms with Gasteiger partial charge in [-0.05, 0) is 88.7 Å². The molecule has 0 aliphatic rings. The minimum Gasteiger partial charge on any atom is -0.183 e. The van der Waals surface area contributed by atoms with Crippen molar-refractivity contribution in [1.29, 1.82) is 10.8 Å². The lowest BCUT2D eigenvalue weighted by Crippen LogP contribution is -1.52. The van der Waals surface area contributed by atoms with E-state index in [1.54, 1.807) is 0 Å². The predicted molar refractivity (Wildman–Crippen MR) is 273 cm³/mol. The third-order valence-corrected chi connectivity index (χ3v) is 4.37. The molecule has 0 saturated heterocycles. The van der Waals surface area contributed by atoms with Crippen molar-refractivity contribution in [3.63, 3.8) is 0 Å². The summed E-state index contributed by atoms with van der Waals surface area (Å²) in [6.45, 7) is 0. The standard InChI is InChI=1S/CHN111/c2-1-4-6-8-10-12-14-16-18-20-22-24-26-28-30-32-34-36-38-40-42-44-46-48-50-52-54-56-58-60-62-64-66-68-70-72-74-76-78-80-82-84-86-88-90-92-94-96-98-100-102-104-106-108-110-112-111-109-107-105-103-101-99-97-95-93-91-89-87-85-83-81-79-77-75-73-71-69-67-65-63-61-59-57-55-53-51-49-47-45-43-41-39-37-35-33-31-29-27-25-23-21-19-17-15-13-11-9-7-5-3/h3H/b5-3?,6-4?,9-7+,10-8+,13-11+,14-12+,17-15+,18-16+,21-19+,22-20+,25-23+,26-24+,29-27+,30-28+,33-31+,34-32+,37-35+,38-36+,41-39+,42-40+,45-43+,46-44+,49-47+,50-48+,53-51+,54-52+,57-55+,58-56+,61-59+,62-60+,65-63+,66-64+,69-67+,70-68+,73-71+,74-72+,77-75+,78-76+,81-79+,82-80+,85-83+,86-84+,89-87+,90-88+,93-91+,94-92+,97-95+,98-96+,101-99+,102-100+,105-103+,106-104+,109-107+,110-108+,112-111+. The second kappa shape index (κ2) is 88.5. The molecule has 0 atom stereocenters. The van der Waals surface area contributed by atoms with E-state index in [1.165, 1.54) is 6.19 Å². The molecule has 0 aromatic carbocycles. The van der Waals surface area contributed by atoms with Crippen LogP contribution in [-0.2, 0) is 0 Å². The van der Waals surface area contributed by atoms with Crippen LogP contribution < -0.4 is 0 Å².